The number of alkyl halides is 3. The van der Waals surface area contributed by atoms with Gasteiger partial charge in [0.2, 0.25) is 0 Å². The van der Waals surface area contributed by atoms with E-state index in [-0.39, 0.29) is 10.6 Å². The lowest BCUT2D eigenvalue weighted by Gasteiger charge is -2.08. The van der Waals surface area contributed by atoms with Crippen LogP contribution in [0.5, 0.6) is 0 Å². The quantitative estimate of drug-likeness (QED) is 0.689. The smallest absolute Gasteiger partial charge is 0.321 e. The summed E-state index contributed by atoms with van der Waals surface area (Å²) in [5.41, 5.74) is 2.02. The van der Waals surface area contributed by atoms with Crippen molar-refractivity contribution in [2.24, 2.45) is 0 Å². The number of carbonyl (C=O) groups is 1. The van der Waals surface area contributed by atoms with E-state index in [1.54, 1.807) is 6.07 Å². The van der Waals surface area contributed by atoms with Gasteiger partial charge < -0.3 is 5.32 Å². The SMILES string of the molecule is Cc1[nH]nc2ncc(NC(=O)c3ccnc(SCC(F)(F)F)c3)cc12. The standard InChI is InChI=1S/C15H12F3N5OS/c1-8-11-5-10(6-20-13(11)23-22-8)21-14(24)9-2-3-19-12(4-9)25-7-15(16,17)18/h2-6H,7H2,1H3,(H,21,24)(H,20,22,23). The molecule has 0 atom stereocenters. The zero-order valence-electron chi connectivity index (χ0n) is 12.9. The number of rotatable bonds is 4. The van der Waals surface area contributed by atoms with Gasteiger partial charge in [-0.1, -0.05) is 11.8 Å². The number of thioether (sulfide) groups is 1. The van der Waals surface area contributed by atoms with Crippen LogP contribution in [0.25, 0.3) is 11.0 Å². The number of anilines is 1. The van der Waals surface area contributed by atoms with Gasteiger partial charge in [0.15, 0.2) is 5.65 Å². The first-order valence-corrected chi connectivity index (χ1v) is 8.08. The molecule has 0 saturated heterocycles. The average molecular weight is 367 g/mol. The minimum atomic E-state index is -4.30. The van der Waals surface area contributed by atoms with Gasteiger partial charge in [-0.15, -0.1) is 0 Å². The van der Waals surface area contributed by atoms with E-state index in [0.717, 1.165) is 11.1 Å². The second kappa shape index (κ2) is 6.71. The topological polar surface area (TPSA) is 83.6 Å². The first-order chi connectivity index (χ1) is 11.8. The van der Waals surface area contributed by atoms with Crippen molar-refractivity contribution in [2.45, 2.75) is 18.1 Å². The Morgan fingerprint density at radius 3 is 2.88 bits per heavy atom. The van der Waals surface area contributed by atoms with E-state index >= 15 is 0 Å². The number of carbonyl (C=O) groups excluding carboxylic acids is 1. The van der Waals surface area contributed by atoms with Gasteiger partial charge in [-0.05, 0) is 25.1 Å². The van der Waals surface area contributed by atoms with Gasteiger partial charge in [0.25, 0.3) is 5.91 Å². The number of nitrogens with one attached hydrogen (secondary N) is 2. The van der Waals surface area contributed by atoms with E-state index in [4.69, 9.17) is 0 Å². The molecule has 3 aromatic heterocycles. The Labute approximate surface area is 144 Å². The van der Waals surface area contributed by atoms with Crippen LogP contribution in [0.2, 0.25) is 0 Å². The number of aromatic amines is 1. The van der Waals surface area contributed by atoms with E-state index in [0.29, 0.717) is 23.1 Å². The molecule has 0 aliphatic rings. The Bertz CT molecular complexity index is 925. The van der Waals surface area contributed by atoms with E-state index in [1.165, 1.54) is 24.5 Å². The zero-order chi connectivity index (χ0) is 18.0. The highest BCUT2D eigenvalue weighted by molar-refractivity contribution is 7.99. The fourth-order valence-electron chi connectivity index (χ4n) is 2.08. The number of aryl methyl sites for hydroxylation is 1. The van der Waals surface area contributed by atoms with Crippen molar-refractivity contribution < 1.29 is 18.0 Å². The number of hydrogen-bond donors (Lipinski definition) is 2. The summed E-state index contributed by atoms with van der Waals surface area (Å²) in [5, 5.41) is 10.4. The highest BCUT2D eigenvalue weighted by Crippen LogP contribution is 2.26. The number of aromatic nitrogens is 4. The molecule has 0 unspecified atom stereocenters. The summed E-state index contributed by atoms with van der Waals surface area (Å²) in [6, 6.07) is 4.47. The van der Waals surface area contributed by atoms with Crippen molar-refractivity contribution in [3.05, 3.63) is 41.9 Å². The first-order valence-electron chi connectivity index (χ1n) is 7.09. The van der Waals surface area contributed by atoms with E-state index in [9.17, 15) is 18.0 Å². The molecule has 0 aliphatic heterocycles. The largest absolute Gasteiger partial charge is 0.398 e. The predicted octanol–water partition coefficient (Wildman–Crippen LogP) is 3.57. The Morgan fingerprint density at radius 1 is 1.32 bits per heavy atom. The minimum Gasteiger partial charge on any atom is -0.321 e. The number of pyridine rings is 2. The summed E-state index contributed by atoms with van der Waals surface area (Å²) in [6.45, 7) is 1.83. The van der Waals surface area contributed by atoms with Gasteiger partial charge in [-0.25, -0.2) is 9.97 Å². The van der Waals surface area contributed by atoms with Crippen LogP contribution in [0.15, 0.2) is 35.6 Å². The van der Waals surface area contributed by atoms with Crippen molar-refractivity contribution in [3.8, 4) is 0 Å². The number of amides is 1. The summed E-state index contributed by atoms with van der Waals surface area (Å²) >= 11 is 0.529. The first kappa shape index (κ1) is 17.2. The summed E-state index contributed by atoms with van der Waals surface area (Å²) < 4.78 is 36.8. The monoisotopic (exact) mass is 367 g/mol. The van der Waals surface area contributed by atoms with Gasteiger partial charge in [0, 0.05) is 22.8 Å². The van der Waals surface area contributed by atoms with Gasteiger partial charge >= 0.3 is 6.18 Å². The molecular formula is C15H12F3N5OS. The van der Waals surface area contributed by atoms with Crippen LogP contribution in [0.1, 0.15) is 16.1 Å². The number of fused-ring (bicyclic) bond motifs is 1. The van der Waals surface area contributed by atoms with Gasteiger partial charge in [0.1, 0.15) is 0 Å². The molecule has 0 spiro atoms. The molecule has 6 nitrogen and oxygen atoms in total. The van der Waals surface area contributed by atoms with E-state index in [2.05, 4.69) is 25.5 Å². The molecule has 130 valence electrons. The van der Waals surface area contributed by atoms with E-state index < -0.39 is 17.8 Å². The minimum absolute atomic E-state index is 0.129. The lowest BCUT2D eigenvalue weighted by atomic mass is 10.2. The molecule has 0 aliphatic carbocycles. The lowest BCUT2D eigenvalue weighted by molar-refractivity contribution is -0.105. The van der Waals surface area contributed by atoms with Crippen molar-refractivity contribution >= 4 is 34.4 Å². The second-order valence-corrected chi connectivity index (χ2v) is 6.18. The fourth-order valence-corrected chi connectivity index (χ4v) is 2.73. The lowest BCUT2D eigenvalue weighted by Crippen LogP contribution is -2.13. The summed E-state index contributed by atoms with van der Waals surface area (Å²) in [4.78, 5) is 20.3. The van der Waals surface area contributed by atoms with Crippen molar-refractivity contribution in [3.63, 3.8) is 0 Å². The van der Waals surface area contributed by atoms with Crippen molar-refractivity contribution in [1.29, 1.82) is 0 Å². The number of halogens is 3. The molecule has 25 heavy (non-hydrogen) atoms. The third-order valence-corrected chi connectivity index (χ3v) is 4.23. The summed E-state index contributed by atoms with van der Waals surface area (Å²) in [7, 11) is 0. The number of H-pyrrole nitrogens is 1. The highest BCUT2D eigenvalue weighted by Gasteiger charge is 2.27. The maximum absolute atomic E-state index is 12.3. The maximum atomic E-state index is 12.3. The number of nitrogens with zero attached hydrogens (tertiary/aromatic N) is 3. The molecule has 3 heterocycles. The Hall–Kier alpha value is -2.62. The van der Waals surface area contributed by atoms with Crippen LogP contribution in [-0.4, -0.2) is 38.0 Å². The molecular weight excluding hydrogens is 355 g/mol. The van der Waals surface area contributed by atoms with Gasteiger partial charge in [0.05, 0.1) is 22.7 Å². The van der Waals surface area contributed by atoms with Gasteiger partial charge in [-0.3, -0.25) is 9.89 Å². The molecule has 0 bridgehead atoms. The third-order valence-electron chi connectivity index (χ3n) is 3.24. The highest BCUT2D eigenvalue weighted by atomic mass is 32.2. The molecule has 3 rings (SSSR count). The third kappa shape index (κ3) is 4.27. The Kier molecular flexibility index (Phi) is 4.62. The Balaban J connectivity index is 1.74. The molecule has 10 heteroatoms. The van der Waals surface area contributed by atoms with Crippen LogP contribution in [0, 0.1) is 6.92 Å². The summed E-state index contributed by atoms with van der Waals surface area (Å²) in [6.07, 6.45) is -1.54. The molecule has 1 amide bonds. The summed E-state index contributed by atoms with van der Waals surface area (Å²) in [5.74, 6) is -1.52. The normalized spacial score (nSPS) is 11.7. The second-order valence-electron chi connectivity index (χ2n) is 5.18. The van der Waals surface area contributed by atoms with Crippen LogP contribution in [-0.2, 0) is 0 Å². The molecule has 3 aromatic rings. The van der Waals surface area contributed by atoms with Crippen LogP contribution < -0.4 is 5.32 Å². The molecule has 0 aromatic carbocycles. The van der Waals surface area contributed by atoms with Crippen LogP contribution >= 0.6 is 11.8 Å². The zero-order valence-corrected chi connectivity index (χ0v) is 13.7. The van der Waals surface area contributed by atoms with Gasteiger partial charge in [-0.2, -0.15) is 18.3 Å². The molecule has 2 N–H and O–H groups in total. The fraction of sp³-hybridized carbons (Fsp3) is 0.200. The molecule has 0 fully saturated rings. The average Bonchev–Trinajstić information content (AvgIpc) is 2.93. The van der Waals surface area contributed by atoms with Crippen molar-refractivity contribution in [2.75, 3.05) is 11.1 Å². The predicted molar refractivity (Wildman–Crippen MR) is 87.6 cm³/mol. The van der Waals surface area contributed by atoms with Crippen molar-refractivity contribution in [1.82, 2.24) is 20.2 Å². The van der Waals surface area contributed by atoms with E-state index in [1.807, 2.05) is 6.92 Å². The van der Waals surface area contributed by atoms with Crippen LogP contribution in [0.4, 0.5) is 18.9 Å². The molecule has 0 radical (unpaired) electrons. The maximum Gasteiger partial charge on any atom is 0.398 e. The van der Waals surface area contributed by atoms with Crippen LogP contribution in [0.3, 0.4) is 0 Å². The molecule has 0 saturated carbocycles. The Morgan fingerprint density at radius 2 is 2.12 bits per heavy atom. The number of hydrogen-bond acceptors (Lipinski definition) is 5.